The summed E-state index contributed by atoms with van der Waals surface area (Å²) in [5.41, 5.74) is 6.07. The Morgan fingerprint density at radius 3 is 2.28 bits per heavy atom. The zero-order valence-electron chi connectivity index (χ0n) is 9.83. The quantitative estimate of drug-likeness (QED) is 0.861. The molecule has 0 aliphatic heterocycles. The molecule has 0 radical (unpaired) electrons. The second-order valence-corrected chi connectivity index (χ2v) is 5.67. The second-order valence-electron chi connectivity index (χ2n) is 3.72. The molecule has 0 bridgehead atoms. The molecule has 18 heavy (non-hydrogen) atoms. The number of hydrogen-bond donors (Lipinski definition) is 1. The van der Waals surface area contributed by atoms with Crippen molar-refractivity contribution in [2.75, 3.05) is 12.8 Å². The van der Waals surface area contributed by atoms with Crippen LogP contribution in [0.2, 0.25) is 0 Å². The molecular formula is C13H13NO3S. The van der Waals surface area contributed by atoms with Gasteiger partial charge in [-0.15, -0.1) is 0 Å². The van der Waals surface area contributed by atoms with E-state index in [1.54, 1.807) is 30.3 Å². The molecule has 0 unspecified atom stereocenters. The van der Waals surface area contributed by atoms with Gasteiger partial charge in [0, 0.05) is 6.07 Å². The molecule has 0 aliphatic rings. The van der Waals surface area contributed by atoms with Crippen LogP contribution in [0.4, 0.5) is 5.69 Å². The number of nitrogens with two attached hydrogens (primary N) is 1. The third-order valence-corrected chi connectivity index (χ3v) is 4.34. The maximum atomic E-state index is 12.3. The summed E-state index contributed by atoms with van der Waals surface area (Å²) < 4.78 is 29.7. The Morgan fingerprint density at radius 1 is 1.00 bits per heavy atom. The van der Waals surface area contributed by atoms with Crippen LogP contribution in [0.5, 0.6) is 5.75 Å². The first-order chi connectivity index (χ1) is 8.55. The van der Waals surface area contributed by atoms with Crippen LogP contribution in [-0.2, 0) is 9.84 Å². The molecule has 0 fully saturated rings. The summed E-state index contributed by atoms with van der Waals surface area (Å²) >= 11 is 0. The van der Waals surface area contributed by atoms with Gasteiger partial charge in [-0.3, -0.25) is 0 Å². The smallest absolute Gasteiger partial charge is 0.206 e. The van der Waals surface area contributed by atoms with E-state index >= 15 is 0 Å². The Labute approximate surface area is 106 Å². The van der Waals surface area contributed by atoms with Crippen LogP contribution in [-0.4, -0.2) is 15.5 Å². The standard InChI is InChI=1S/C13H13NO3S/c1-17-13-9-11(7-8-12(13)14)18(15,16)10-5-3-2-4-6-10/h2-9H,14H2,1H3. The summed E-state index contributed by atoms with van der Waals surface area (Å²) in [5, 5.41) is 0. The van der Waals surface area contributed by atoms with Gasteiger partial charge in [0.25, 0.3) is 0 Å². The highest BCUT2D eigenvalue weighted by Gasteiger charge is 2.18. The lowest BCUT2D eigenvalue weighted by Crippen LogP contribution is -2.03. The van der Waals surface area contributed by atoms with Crippen molar-refractivity contribution in [3.8, 4) is 5.75 Å². The molecule has 0 amide bonds. The van der Waals surface area contributed by atoms with Gasteiger partial charge < -0.3 is 10.5 Å². The molecule has 2 N–H and O–H groups in total. The number of rotatable bonds is 3. The van der Waals surface area contributed by atoms with E-state index in [1.165, 1.54) is 25.3 Å². The number of anilines is 1. The Morgan fingerprint density at radius 2 is 1.67 bits per heavy atom. The zero-order valence-corrected chi connectivity index (χ0v) is 10.6. The van der Waals surface area contributed by atoms with Gasteiger partial charge in [-0.2, -0.15) is 0 Å². The molecule has 0 atom stereocenters. The maximum absolute atomic E-state index is 12.3. The number of methoxy groups -OCH3 is 1. The molecule has 0 saturated heterocycles. The van der Waals surface area contributed by atoms with Crippen LogP contribution in [0.3, 0.4) is 0 Å². The van der Waals surface area contributed by atoms with Gasteiger partial charge in [-0.1, -0.05) is 18.2 Å². The highest BCUT2D eigenvalue weighted by Crippen LogP contribution is 2.28. The molecule has 2 rings (SSSR count). The largest absolute Gasteiger partial charge is 0.495 e. The third kappa shape index (κ3) is 2.17. The van der Waals surface area contributed by atoms with Crippen molar-refractivity contribution in [3.05, 3.63) is 48.5 Å². The Balaban J connectivity index is 2.55. The topological polar surface area (TPSA) is 69.4 Å². The van der Waals surface area contributed by atoms with Gasteiger partial charge in [0.05, 0.1) is 22.6 Å². The number of hydrogen-bond acceptors (Lipinski definition) is 4. The van der Waals surface area contributed by atoms with Crippen LogP contribution in [0, 0.1) is 0 Å². The van der Waals surface area contributed by atoms with Crippen LogP contribution < -0.4 is 10.5 Å². The average molecular weight is 263 g/mol. The van der Waals surface area contributed by atoms with Crippen molar-refractivity contribution in [2.45, 2.75) is 9.79 Å². The van der Waals surface area contributed by atoms with E-state index in [4.69, 9.17) is 10.5 Å². The van der Waals surface area contributed by atoms with E-state index in [2.05, 4.69) is 0 Å². The molecule has 5 heteroatoms. The number of sulfone groups is 1. The summed E-state index contributed by atoms with van der Waals surface area (Å²) in [7, 11) is -2.07. The molecule has 4 nitrogen and oxygen atoms in total. The fourth-order valence-corrected chi connectivity index (χ4v) is 2.89. The van der Waals surface area contributed by atoms with Gasteiger partial charge in [0.15, 0.2) is 0 Å². The first-order valence-electron chi connectivity index (χ1n) is 5.29. The lowest BCUT2D eigenvalue weighted by molar-refractivity contribution is 0.415. The van der Waals surface area contributed by atoms with Crippen LogP contribution in [0.25, 0.3) is 0 Å². The summed E-state index contributed by atoms with van der Waals surface area (Å²) in [4.78, 5) is 0.413. The second kappa shape index (κ2) is 4.70. The molecule has 0 aliphatic carbocycles. The van der Waals surface area contributed by atoms with Crippen molar-refractivity contribution < 1.29 is 13.2 Å². The molecule has 94 valence electrons. The zero-order chi connectivity index (χ0) is 13.2. The normalized spacial score (nSPS) is 11.2. The van der Waals surface area contributed by atoms with Crippen molar-refractivity contribution in [1.82, 2.24) is 0 Å². The number of benzene rings is 2. The summed E-state index contributed by atoms with van der Waals surface area (Å²) in [6.07, 6.45) is 0. The monoisotopic (exact) mass is 263 g/mol. The Bertz CT molecular complexity index is 651. The highest BCUT2D eigenvalue weighted by atomic mass is 32.2. The molecular weight excluding hydrogens is 250 g/mol. The molecule has 2 aromatic rings. The fourth-order valence-electron chi connectivity index (χ4n) is 1.59. The Hall–Kier alpha value is -2.01. The van der Waals surface area contributed by atoms with Gasteiger partial charge in [-0.05, 0) is 24.3 Å². The summed E-state index contributed by atoms with van der Waals surface area (Å²) in [6, 6.07) is 12.7. The van der Waals surface area contributed by atoms with Crippen LogP contribution in [0.1, 0.15) is 0 Å². The van der Waals surface area contributed by atoms with E-state index in [-0.39, 0.29) is 9.79 Å². The van der Waals surface area contributed by atoms with E-state index in [9.17, 15) is 8.42 Å². The van der Waals surface area contributed by atoms with Gasteiger partial charge in [-0.25, -0.2) is 8.42 Å². The first-order valence-corrected chi connectivity index (χ1v) is 6.77. The van der Waals surface area contributed by atoms with E-state index < -0.39 is 9.84 Å². The summed E-state index contributed by atoms with van der Waals surface area (Å²) in [6.45, 7) is 0. The number of ether oxygens (including phenoxy) is 1. The summed E-state index contributed by atoms with van der Waals surface area (Å²) in [5.74, 6) is 0.354. The molecule has 0 aromatic heterocycles. The minimum atomic E-state index is -3.52. The van der Waals surface area contributed by atoms with E-state index in [0.717, 1.165) is 0 Å². The molecule has 0 spiro atoms. The van der Waals surface area contributed by atoms with E-state index in [1.807, 2.05) is 0 Å². The van der Waals surface area contributed by atoms with Crippen molar-refractivity contribution in [3.63, 3.8) is 0 Å². The fraction of sp³-hybridized carbons (Fsp3) is 0.0769. The predicted molar refractivity (Wildman–Crippen MR) is 69.3 cm³/mol. The highest BCUT2D eigenvalue weighted by molar-refractivity contribution is 7.91. The lowest BCUT2D eigenvalue weighted by atomic mass is 10.3. The minimum Gasteiger partial charge on any atom is -0.495 e. The molecule has 0 saturated carbocycles. The first kappa shape index (κ1) is 12.4. The maximum Gasteiger partial charge on any atom is 0.206 e. The number of nitrogen functional groups attached to an aromatic ring is 1. The van der Waals surface area contributed by atoms with Gasteiger partial charge >= 0.3 is 0 Å². The van der Waals surface area contributed by atoms with E-state index in [0.29, 0.717) is 11.4 Å². The third-order valence-electron chi connectivity index (χ3n) is 2.57. The van der Waals surface area contributed by atoms with Crippen molar-refractivity contribution in [2.24, 2.45) is 0 Å². The molecule has 2 aromatic carbocycles. The molecule has 0 heterocycles. The lowest BCUT2D eigenvalue weighted by Gasteiger charge is -2.08. The predicted octanol–water partition coefficient (Wildman–Crippen LogP) is 2.11. The average Bonchev–Trinajstić information content (AvgIpc) is 2.40. The van der Waals surface area contributed by atoms with Crippen LogP contribution >= 0.6 is 0 Å². The van der Waals surface area contributed by atoms with Crippen LogP contribution in [0.15, 0.2) is 58.3 Å². The van der Waals surface area contributed by atoms with Crippen molar-refractivity contribution in [1.29, 1.82) is 0 Å². The van der Waals surface area contributed by atoms with Gasteiger partial charge in [0.2, 0.25) is 9.84 Å². The SMILES string of the molecule is COc1cc(S(=O)(=O)c2ccccc2)ccc1N. The Kier molecular flexibility index (Phi) is 3.25. The minimum absolute atomic E-state index is 0.166. The van der Waals surface area contributed by atoms with Gasteiger partial charge in [0.1, 0.15) is 5.75 Å². The van der Waals surface area contributed by atoms with Crippen molar-refractivity contribution >= 4 is 15.5 Å².